The van der Waals surface area contributed by atoms with Crippen LogP contribution < -0.4 is 15.0 Å². The number of halogens is 1. The molecule has 140 valence electrons. The van der Waals surface area contributed by atoms with Gasteiger partial charge in [0.2, 0.25) is 6.41 Å². The molecular formula is C20H19ClN2O4. The molecule has 1 N–H and O–H groups in total. The number of ketones is 1. The van der Waals surface area contributed by atoms with Crippen LogP contribution in [0, 0.1) is 0 Å². The fourth-order valence-corrected chi connectivity index (χ4v) is 3.03. The molecule has 1 heterocycles. The number of carbonyl (C=O) groups excluding carboxylic acids is 3. The summed E-state index contributed by atoms with van der Waals surface area (Å²) in [5.74, 6) is 0.197. The number of benzene rings is 2. The largest absolute Gasteiger partial charge is 0.484 e. The van der Waals surface area contributed by atoms with Crippen LogP contribution in [0.15, 0.2) is 42.5 Å². The third kappa shape index (κ3) is 4.86. The smallest absolute Gasteiger partial charge is 0.257 e. The molecule has 3 rings (SSSR count). The van der Waals surface area contributed by atoms with Crippen molar-refractivity contribution in [3.8, 4) is 5.75 Å². The van der Waals surface area contributed by atoms with Crippen molar-refractivity contribution < 1.29 is 19.1 Å². The Morgan fingerprint density at radius 2 is 1.96 bits per heavy atom. The molecule has 2 aromatic carbocycles. The summed E-state index contributed by atoms with van der Waals surface area (Å²) in [5, 5.41) is 3.26. The number of fused-ring (bicyclic) bond motifs is 1. The Morgan fingerprint density at radius 3 is 2.70 bits per heavy atom. The second-order valence-corrected chi connectivity index (χ2v) is 6.59. The topological polar surface area (TPSA) is 75.7 Å². The first-order valence-electron chi connectivity index (χ1n) is 8.60. The minimum Gasteiger partial charge on any atom is -0.484 e. The van der Waals surface area contributed by atoms with Gasteiger partial charge >= 0.3 is 0 Å². The summed E-state index contributed by atoms with van der Waals surface area (Å²) in [6.07, 6.45) is 1.74. The lowest BCUT2D eigenvalue weighted by molar-refractivity contribution is -0.123. The van der Waals surface area contributed by atoms with Gasteiger partial charge in [0.15, 0.2) is 12.4 Å². The number of ether oxygens (including phenoxy) is 1. The van der Waals surface area contributed by atoms with Crippen molar-refractivity contribution >= 4 is 35.4 Å². The van der Waals surface area contributed by atoms with E-state index in [-0.39, 0.29) is 31.3 Å². The molecule has 0 saturated carbocycles. The summed E-state index contributed by atoms with van der Waals surface area (Å²) >= 11 is 5.78. The van der Waals surface area contributed by atoms with Crippen LogP contribution in [0.2, 0.25) is 5.02 Å². The van der Waals surface area contributed by atoms with Gasteiger partial charge in [-0.3, -0.25) is 14.4 Å². The van der Waals surface area contributed by atoms with Crippen molar-refractivity contribution in [3.63, 3.8) is 0 Å². The first-order valence-corrected chi connectivity index (χ1v) is 8.98. The Balaban J connectivity index is 1.43. The fourth-order valence-electron chi connectivity index (χ4n) is 2.90. The molecule has 0 saturated heterocycles. The van der Waals surface area contributed by atoms with Crippen molar-refractivity contribution in [1.29, 1.82) is 0 Å². The Hall–Kier alpha value is -2.86. The second-order valence-electron chi connectivity index (χ2n) is 6.16. The summed E-state index contributed by atoms with van der Waals surface area (Å²) in [6.45, 7) is 0.746. The Labute approximate surface area is 162 Å². The van der Waals surface area contributed by atoms with Gasteiger partial charge < -0.3 is 15.0 Å². The SMILES string of the molecule is O=CN1CCc2cc(C(=O)CCNC(=O)COc3ccc(Cl)cc3)ccc21. The molecule has 0 atom stereocenters. The lowest BCUT2D eigenvalue weighted by Crippen LogP contribution is -2.30. The molecule has 0 spiro atoms. The summed E-state index contributed by atoms with van der Waals surface area (Å²) in [5.41, 5.74) is 2.44. The fraction of sp³-hybridized carbons (Fsp3) is 0.250. The highest BCUT2D eigenvalue weighted by Crippen LogP contribution is 2.27. The molecule has 0 unspecified atom stereocenters. The average molecular weight is 387 g/mol. The highest BCUT2D eigenvalue weighted by atomic mass is 35.5. The van der Waals surface area contributed by atoms with E-state index in [4.69, 9.17) is 16.3 Å². The van der Waals surface area contributed by atoms with Gasteiger partial charge in [0.25, 0.3) is 5.91 Å². The maximum Gasteiger partial charge on any atom is 0.257 e. The molecule has 1 aliphatic heterocycles. The van der Waals surface area contributed by atoms with Crippen LogP contribution in [-0.4, -0.2) is 37.8 Å². The van der Waals surface area contributed by atoms with Gasteiger partial charge in [-0.1, -0.05) is 11.6 Å². The normalized spacial score (nSPS) is 12.4. The van der Waals surface area contributed by atoms with E-state index in [1.54, 1.807) is 41.3 Å². The molecule has 27 heavy (non-hydrogen) atoms. The monoisotopic (exact) mass is 386 g/mol. The quantitative estimate of drug-likeness (QED) is 0.559. The lowest BCUT2D eigenvalue weighted by Gasteiger charge is -2.10. The van der Waals surface area contributed by atoms with E-state index in [0.717, 1.165) is 24.1 Å². The number of amides is 2. The Kier molecular flexibility index (Phi) is 6.08. The predicted molar refractivity (Wildman–Crippen MR) is 102 cm³/mol. The van der Waals surface area contributed by atoms with Crippen molar-refractivity contribution in [1.82, 2.24) is 5.32 Å². The molecule has 0 aliphatic carbocycles. The van der Waals surface area contributed by atoms with Gasteiger partial charge in [-0.2, -0.15) is 0 Å². The van der Waals surface area contributed by atoms with Gasteiger partial charge in [0.05, 0.1) is 0 Å². The molecular weight excluding hydrogens is 368 g/mol. The van der Waals surface area contributed by atoms with E-state index in [0.29, 0.717) is 22.9 Å². The molecule has 7 heteroatoms. The second kappa shape index (κ2) is 8.68. The van der Waals surface area contributed by atoms with E-state index in [1.165, 1.54) is 0 Å². The van der Waals surface area contributed by atoms with Crippen LogP contribution in [0.4, 0.5) is 5.69 Å². The summed E-state index contributed by atoms with van der Waals surface area (Å²) in [6, 6.07) is 12.1. The first kappa shape index (κ1) is 18.9. The molecule has 2 amide bonds. The number of rotatable bonds is 8. The molecule has 1 aliphatic rings. The molecule has 2 aromatic rings. The molecule has 0 aromatic heterocycles. The van der Waals surface area contributed by atoms with E-state index in [9.17, 15) is 14.4 Å². The Morgan fingerprint density at radius 1 is 1.19 bits per heavy atom. The minimum atomic E-state index is -0.298. The zero-order valence-corrected chi connectivity index (χ0v) is 15.4. The van der Waals surface area contributed by atoms with Crippen molar-refractivity contribution in [2.45, 2.75) is 12.8 Å². The minimum absolute atomic E-state index is 0.0544. The van der Waals surface area contributed by atoms with Crippen molar-refractivity contribution in [3.05, 3.63) is 58.6 Å². The number of nitrogens with zero attached hydrogens (tertiary/aromatic N) is 1. The van der Waals surface area contributed by atoms with Crippen LogP contribution in [0.3, 0.4) is 0 Å². The number of hydrogen-bond donors (Lipinski definition) is 1. The highest BCUT2D eigenvalue weighted by Gasteiger charge is 2.19. The highest BCUT2D eigenvalue weighted by molar-refractivity contribution is 6.30. The van der Waals surface area contributed by atoms with Gasteiger partial charge in [-0.15, -0.1) is 0 Å². The average Bonchev–Trinajstić information content (AvgIpc) is 3.09. The van der Waals surface area contributed by atoms with Crippen LogP contribution in [-0.2, 0) is 16.0 Å². The van der Waals surface area contributed by atoms with Crippen LogP contribution in [0.25, 0.3) is 0 Å². The molecule has 6 nitrogen and oxygen atoms in total. The summed E-state index contributed by atoms with van der Waals surface area (Å²) in [7, 11) is 0. The van der Waals surface area contributed by atoms with Crippen LogP contribution in [0.1, 0.15) is 22.3 Å². The summed E-state index contributed by atoms with van der Waals surface area (Å²) in [4.78, 5) is 36.7. The maximum atomic E-state index is 12.3. The number of Topliss-reactive ketones (excluding diaryl/α,β-unsaturated/α-hetero) is 1. The van der Waals surface area contributed by atoms with E-state index >= 15 is 0 Å². The van der Waals surface area contributed by atoms with Crippen LogP contribution in [0.5, 0.6) is 5.75 Å². The zero-order valence-electron chi connectivity index (χ0n) is 14.6. The number of carbonyl (C=O) groups is 3. The Bertz CT molecular complexity index is 852. The van der Waals surface area contributed by atoms with E-state index in [2.05, 4.69) is 5.32 Å². The lowest BCUT2D eigenvalue weighted by atomic mass is 10.0. The standard InChI is InChI=1S/C20H19ClN2O4/c21-16-2-4-17(5-3-16)27-12-20(26)22-9-7-19(25)15-1-6-18-14(11-15)8-10-23(18)13-24/h1-6,11,13H,7-10,12H2,(H,22,26). The van der Waals surface area contributed by atoms with Crippen LogP contribution >= 0.6 is 11.6 Å². The molecule has 0 fully saturated rings. The van der Waals surface area contributed by atoms with Crippen molar-refractivity contribution in [2.24, 2.45) is 0 Å². The van der Waals surface area contributed by atoms with E-state index in [1.807, 2.05) is 6.07 Å². The predicted octanol–water partition coefficient (Wildman–Crippen LogP) is 2.63. The maximum absolute atomic E-state index is 12.3. The molecule has 0 bridgehead atoms. The van der Waals surface area contributed by atoms with E-state index < -0.39 is 0 Å². The summed E-state index contributed by atoms with van der Waals surface area (Å²) < 4.78 is 5.35. The van der Waals surface area contributed by atoms with Gasteiger partial charge in [-0.25, -0.2) is 0 Å². The van der Waals surface area contributed by atoms with Crippen molar-refractivity contribution in [2.75, 3.05) is 24.6 Å². The van der Waals surface area contributed by atoms with Gasteiger partial charge in [0.1, 0.15) is 5.75 Å². The number of nitrogens with one attached hydrogen (secondary N) is 1. The third-order valence-electron chi connectivity index (χ3n) is 4.32. The third-order valence-corrected chi connectivity index (χ3v) is 4.57. The zero-order chi connectivity index (χ0) is 19.2. The first-order chi connectivity index (χ1) is 13.1. The molecule has 0 radical (unpaired) electrons. The number of anilines is 1. The number of hydrogen-bond acceptors (Lipinski definition) is 4. The van der Waals surface area contributed by atoms with Gasteiger partial charge in [-0.05, 0) is 54.4 Å². The van der Waals surface area contributed by atoms with Gasteiger partial charge in [0, 0.05) is 35.8 Å².